The van der Waals surface area contributed by atoms with Crippen molar-refractivity contribution in [1.29, 1.82) is 5.26 Å². The van der Waals surface area contributed by atoms with Crippen LogP contribution in [0.5, 0.6) is 0 Å². The molecule has 0 bridgehead atoms. The molecule has 13 heavy (non-hydrogen) atoms. The summed E-state index contributed by atoms with van der Waals surface area (Å²) in [4.78, 5) is 1.51. The number of hydrogen-bond acceptors (Lipinski definition) is 4. The van der Waals surface area contributed by atoms with Gasteiger partial charge in [0.25, 0.3) is 0 Å². The fourth-order valence-corrected chi connectivity index (χ4v) is 2.29. The van der Waals surface area contributed by atoms with Crippen LogP contribution >= 0.6 is 0 Å². The van der Waals surface area contributed by atoms with Crippen molar-refractivity contribution in [3.8, 4) is 6.19 Å². The van der Waals surface area contributed by atoms with Gasteiger partial charge in [0.15, 0.2) is 6.19 Å². The van der Waals surface area contributed by atoms with E-state index in [2.05, 4.69) is 0 Å². The van der Waals surface area contributed by atoms with Crippen LogP contribution in [-0.2, 0) is 10.0 Å². The van der Waals surface area contributed by atoms with E-state index in [1.54, 1.807) is 7.05 Å². The summed E-state index contributed by atoms with van der Waals surface area (Å²) < 4.78 is 23.6. The van der Waals surface area contributed by atoms with Gasteiger partial charge in [0.1, 0.15) is 0 Å². The Hall–Kier alpha value is -0.800. The topological polar surface area (TPSA) is 64.4 Å². The van der Waals surface area contributed by atoms with Crippen LogP contribution < -0.4 is 0 Å². The average molecular weight is 203 g/mol. The highest BCUT2D eigenvalue weighted by atomic mass is 32.2. The van der Waals surface area contributed by atoms with Crippen LogP contribution in [0.3, 0.4) is 0 Å². The molecule has 0 aromatic carbocycles. The van der Waals surface area contributed by atoms with Crippen molar-refractivity contribution in [1.82, 2.24) is 9.21 Å². The molecule has 0 aromatic heterocycles. The molecule has 74 valence electrons. The molecule has 0 amide bonds. The molecule has 1 atom stereocenters. The lowest BCUT2D eigenvalue weighted by Crippen LogP contribution is -2.33. The van der Waals surface area contributed by atoms with Gasteiger partial charge in [-0.25, -0.2) is 8.42 Å². The van der Waals surface area contributed by atoms with E-state index in [0.717, 1.165) is 6.42 Å². The molecule has 0 aromatic rings. The zero-order chi connectivity index (χ0) is 10.1. The summed E-state index contributed by atoms with van der Waals surface area (Å²) in [5.41, 5.74) is 0. The van der Waals surface area contributed by atoms with Crippen LogP contribution in [0.25, 0.3) is 0 Å². The third-order valence-corrected chi connectivity index (χ3v) is 3.57. The van der Waals surface area contributed by atoms with Crippen molar-refractivity contribution < 1.29 is 8.42 Å². The van der Waals surface area contributed by atoms with Gasteiger partial charge in [0.05, 0.1) is 12.3 Å². The van der Waals surface area contributed by atoms with E-state index in [4.69, 9.17) is 5.26 Å². The Balaban J connectivity index is 2.61. The van der Waals surface area contributed by atoms with Crippen molar-refractivity contribution in [2.45, 2.75) is 12.5 Å². The summed E-state index contributed by atoms with van der Waals surface area (Å²) in [6.45, 7) is 0.957. The first-order chi connectivity index (χ1) is 5.95. The predicted octanol–water partition coefficient (Wildman–Crippen LogP) is -0.567. The second kappa shape index (κ2) is 3.52. The van der Waals surface area contributed by atoms with Gasteiger partial charge < -0.3 is 4.90 Å². The Morgan fingerprint density at radius 2 is 2.23 bits per heavy atom. The summed E-state index contributed by atoms with van der Waals surface area (Å²) in [6, 6.07) is 0.0414. The zero-order valence-corrected chi connectivity index (χ0v) is 8.58. The fraction of sp³-hybridized carbons (Fsp3) is 0.857. The summed E-state index contributed by atoms with van der Waals surface area (Å²) >= 11 is 0. The molecule has 1 heterocycles. The Kier molecular flexibility index (Phi) is 2.78. The minimum Gasteiger partial charge on any atom is -0.309 e. The molecule has 1 saturated heterocycles. The minimum absolute atomic E-state index is 0.0414. The molecular weight excluding hydrogens is 190 g/mol. The highest BCUT2D eigenvalue weighted by Gasteiger charge is 2.30. The van der Waals surface area contributed by atoms with Crippen LogP contribution in [0.2, 0.25) is 0 Å². The van der Waals surface area contributed by atoms with E-state index in [1.807, 2.05) is 6.19 Å². The van der Waals surface area contributed by atoms with Gasteiger partial charge in [-0.1, -0.05) is 0 Å². The zero-order valence-electron chi connectivity index (χ0n) is 7.77. The smallest absolute Gasteiger partial charge is 0.211 e. The lowest BCUT2D eigenvalue weighted by molar-refractivity contribution is 0.349. The first kappa shape index (κ1) is 10.3. The summed E-state index contributed by atoms with van der Waals surface area (Å²) in [7, 11) is -1.40. The molecule has 5 nitrogen and oxygen atoms in total. The Morgan fingerprint density at radius 3 is 2.62 bits per heavy atom. The molecular formula is C7H13N3O2S. The maximum Gasteiger partial charge on any atom is 0.211 e. The SMILES string of the molecule is CN(C#N)C1CCN(S(C)(=O)=O)C1. The molecule has 1 aliphatic rings. The number of nitriles is 1. The largest absolute Gasteiger partial charge is 0.309 e. The fourth-order valence-electron chi connectivity index (χ4n) is 1.41. The standard InChI is InChI=1S/C7H13N3O2S/c1-9(6-8)7-3-4-10(5-7)13(2,11)12/h7H,3-5H2,1-2H3. The minimum atomic E-state index is -3.08. The number of hydrogen-bond donors (Lipinski definition) is 0. The van der Waals surface area contributed by atoms with Crippen molar-refractivity contribution in [2.75, 3.05) is 26.4 Å². The highest BCUT2D eigenvalue weighted by Crippen LogP contribution is 2.16. The molecule has 1 rings (SSSR count). The molecule has 1 fully saturated rings. The third kappa shape index (κ3) is 2.32. The van der Waals surface area contributed by atoms with Gasteiger partial charge in [-0.2, -0.15) is 9.57 Å². The van der Waals surface area contributed by atoms with E-state index < -0.39 is 10.0 Å². The van der Waals surface area contributed by atoms with E-state index >= 15 is 0 Å². The summed E-state index contributed by atoms with van der Waals surface area (Å²) in [6.07, 6.45) is 3.92. The molecule has 0 N–H and O–H groups in total. The van der Waals surface area contributed by atoms with E-state index in [1.165, 1.54) is 15.5 Å². The van der Waals surface area contributed by atoms with Gasteiger partial charge in [0.2, 0.25) is 10.0 Å². The van der Waals surface area contributed by atoms with Crippen LogP contribution in [0.4, 0.5) is 0 Å². The first-order valence-corrected chi connectivity index (χ1v) is 5.87. The Labute approximate surface area is 78.6 Å². The molecule has 1 unspecified atom stereocenters. The van der Waals surface area contributed by atoms with Crippen LogP contribution in [0.1, 0.15) is 6.42 Å². The van der Waals surface area contributed by atoms with Crippen molar-refractivity contribution in [2.24, 2.45) is 0 Å². The predicted molar refractivity (Wildman–Crippen MR) is 48.2 cm³/mol. The second-order valence-electron chi connectivity index (χ2n) is 3.27. The normalized spacial score (nSPS) is 24.2. The molecule has 6 heteroatoms. The summed E-state index contributed by atoms with van der Waals surface area (Å²) in [5, 5.41) is 8.59. The van der Waals surface area contributed by atoms with E-state index in [-0.39, 0.29) is 6.04 Å². The third-order valence-electron chi connectivity index (χ3n) is 2.30. The number of nitrogens with zero attached hydrogens (tertiary/aromatic N) is 3. The van der Waals surface area contributed by atoms with Crippen molar-refractivity contribution >= 4 is 10.0 Å². The van der Waals surface area contributed by atoms with Gasteiger partial charge in [-0.3, -0.25) is 0 Å². The van der Waals surface area contributed by atoms with Crippen LogP contribution in [-0.4, -0.2) is 50.1 Å². The molecule has 0 spiro atoms. The van der Waals surface area contributed by atoms with Crippen molar-refractivity contribution in [3.63, 3.8) is 0 Å². The summed E-state index contributed by atoms with van der Waals surface area (Å²) in [5.74, 6) is 0. The van der Waals surface area contributed by atoms with Gasteiger partial charge in [-0.05, 0) is 6.42 Å². The monoisotopic (exact) mass is 203 g/mol. The molecule has 0 saturated carbocycles. The maximum atomic E-state index is 11.1. The number of rotatable bonds is 2. The van der Waals surface area contributed by atoms with Crippen LogP contribution in [0.15, 0.2) is 0 Å². The first-order valence-electron chi connectivity index (χ1n) is 4.03. The Morgan fingerprint density at radius 1 is 1.62 bits per heavy atom. The highest BCUT2D eigenvalue weighted by molar-refractivity contribution is 7.88. The van der Waals surface area contributed by atoms with Gasteiger partial charge in [0, 0.05) is 20.1 Å². The van der Waals surface area contributed by atoms with Gasteiger partial charge in [-0.15, -0.1) is 0 Å². The van der Waals surface area contributed by atoms with Gasteiger partial charge >= 0.3 is 0 Å². The Bertz CT molecular complexity index is 319. The lowest BCUT2D eigenvalue weighted by atomic mass is 10.2. The van der Waals surface area contributed by atoms with E-state index in [9.17, 15) is 8.42 Å². The molecule has 0 aliphatic carbocycles. The maximum absolute atomic E-state index is 11.1. The lowest BCUT2D eigenvalue weighted by Gasteiger charge is -2.17. The quantitative estimate of drug-likeness (QED) is 0.445. The molecule has 1 aliphatic heterocycles. The van der Waals surface area contributed by atoms with E-state index in [0.29, 0.717) is 13.1 Å². The second-order valence-corrected chi connectivity index (χ2v) is 5.26. The molecule has 0 radical (unpaired) electrons. The average Bonchev–Trinajstić information content (AvgIpc) is 2.50. The number of sulfonamides is 1. The number of likely N-dealkylation sites (N-methyl/N-ethyl adjacent to an activating group) is 1. The van der Waals surface area contributed by atoms with Crippen molar-refractivity contribution in [3.05, 3.63) is 0 Å². The van der Waals surface area contributed by atoms with Crippen LogP contribution in [0, 0.1) is 11.5 Å².